The number of hydrogen-bond acceptors (Lipinski definition) is 6. The molecule has 0 unspecified atom stereocenters. The van der Waals surface area contributed by atoms with Crippen LogP contribution in [0.2, 0.25) is 0 Å². The summed E-state index contributed by atoms with van der Waals surface area (Å²) in [4.78, 5) is 14.4. The fraction of sp³-hybridized carbons (Fsp3) is 0.891. The van der Waals surface area contributed by atoms with Crippen LogP contribution in [0, 0.1) is 0 Å². The molecule has 0 atom stereocenters. The molecule has 0 aromatic carbocycles. The van der Waals surface area contributed by atoms with Crippen molar-refractivity contribution >= 4 is 5.97 Å². The van der Waals surface area contributed by atoms with E-state index in [0.717, 1.165) is 71.0 Å². The number of carbonyl (C=O) groups is 1. The molecular weight excluding hydrogens is 647 g/mol. The summed E-state index contributed by atoms with van der Waals surface area (Å²) in [5.41, 5.74) is 0. The van der Waals surface area contributed by atoms with Gasteiger partial charge >= 0.3 is 5.97 Å². The maximum absolute atomic E-state index is 12.0. The highest BCUT2D eigenvalue weighted by atomic mass is 16.7. The Morgan fingerprint density at radius 3 is 1.48 bits per heavy atom. The van der Waals surface area contributed by atoms with E-state index >= 15 is 0 Å². The zero-order valence-corrected chi connectivity index (χ0v) is 35.1. The Morgan fingerprint density at radius 2 is 0.962 bits per heavy atom. The van der Waals surface area contributed by atoms with Crippen molar-refractivity contribution in [2.45, 2.75) is 220 Å². The summed E-state index contributed by atoms with van der Waals surface area (Å²) in [7, 11) is 0. The second kappa shape index (κ2) is 44.2. The summed E-state index contributed by atoms with van der Waals surface area (Å²) in [5.74, 6) is -0.0224. The highest BCUT2D eigenvalue weighted by molar-refractivity contribution is 5.69. The minimum absolute atomic E-state index is 0.0224. The number of aliphatic hydroxyl groups excluding tert-OH is 1. The molecule has 0 saturated heterocycles. The van der Waals surface area contributed by atoms with Gasteiger partial charge in [0.05, 0.1) is 26.4 Å². The fourth-order valence-corrected chi connectivity index (χ4v) is 6.57. The molecule has 6 nitrogen and oxygen atoms in total. The first kappa shape index (κ1) is 50.8. The number of nitrogens with zero attached hydrogens (tertiary/aromatic N) is 1. The van der Waals surface area contributed by atoms with Crippen LogP contribution in [0.4, 0.5) is 0 Å². The molecule has 0 fully saturated rings. The largest absolute Gasteiger partial charge is 0.466 e. The van der Waals surface area contributed by atoms with Gasteiger partial charge in [-0.1, -0.05) is 167 Å². The van der Waals surface area contributed by atoms with Gasteiger partial charge in [0.25, 0.3) is 0 Å². The molecule has 0 aromatic heterocycles. The molecule has 0 bridgehead atoms. The SMILES string of the molecule is CCCCCC/C=C\COC(CCCCCCCCN(CCO)CCCCCCCC(=O)OCCCCCCCCC)OC/C=C\CCCCCC. The molecule has 1 N–H and O–H groups in total. The molecule has 0 radical (unpaired) electrons. The van der Waals surface area contributed by atoms with Crippen molar-refractivity contribution in [1.29, 1.82) is 0 Å². The molecule has 0 amide bonds. The topological polar surface area (TPSA) is 68.2 Å². The predicted molar refractivity (Wildman–Crippen MR) is 224 cm³/mol. The van der Waals surface area contributed by atoms with Crippen LogP contribution < -0.4 is 0 Å². The van der Waals surface area contributed by atoms with E-state index in [4.69, 9.17) is 14.2 Å². The number of hydrogen-bond donors (Lipinski definition) is 1. The summed E-state index contributed by atoms with van der Waals surface area (Å²) in [6.45, 7) is 11.8. The van der Waals surface area contributed by atoms with Crippen molar-refractivity contribution in [1.82, 2.24) is 4.90 Å². The average Bonchev–Trinajstić information content (AvgIpc) is 3.15. The standard InChI is InChI=1S/C46H89NO5/c1-4-7-10-13-18-26-33-42-50-45(49)36-29-22-21-25-32-39-47(40-41-48)38-31-24-17-16-23-30-37-46(51-43-34-27-19-14-11-8-5-2)52-44-35-28-20-15-12-9-6-3/h27-28,34-35,46,48H,4-26,29-33,36-44H2,1-3H3/b34-27-,35-28-. The zero-order valence-electron chi connectivity index (χ0n) is 35.1. The second-order valence-electron chi connectivity index (χ2n) is 15.1. The zero-order chi connectivity index (χ0) is 37.8. The summed E-state index contributed by atoms with van der Waals surface area (Å²) in [5, 5.41) is 9.57. The third-order valence-electron chi connectivity index (χ3n) is 9.99. The lowest BCUT2D eigenvalue weighted by molar-refractivity contribution is -0.143. The molecule has 0 saturated carbocycles. The highest BCUT2D eigenvalue weighted by Gasteiger charge is 2.09. The Labute approximate surface area is 324 Å². The van der Waals surface area contributed by atoms with Crippen molar-refractivity contribution in [3.05, 3.63) is 24.3 Å². The summed E-state index contributed by atoms with van der Waals surface area (Å²) in [6, 6.07) is 0. The van der Waals surface area contributed by atoms with Gasteiger partial charge in [-0.3, -0.25) is 4.79 Å². The molecule has 0 spiro atoms. The Kier molecular flexibility index (Phi) is 43.2. The molecule has 0 rings (SSSR count). The first-order valence-corrected chi connectivity index (χ1v) is 22.7. The van der Waals surface area contributed by atoms with Crippen molar-refractivity contribution < 1.29 is 24.1 Å². The van der Waals surface area contributed by atoms with E-state index in [0.29, 0.717) is 26.2 Å². The molecule has 0 aliphatic heterocycles. The van der Waals surface area contributed by atoms with Crippen LogP contribution in [-0.4, -0.2) is 68.3 Å². The number of unbranched alkanes of at least 4 members (excludes halogenated alkanes) is 23. The molecule has 0 aliphatic rings. The average molecular weight is 736 g/mol. The molecule has 0 heterocycles. The van der Waals surface area contributed by atoms with Crippen LogP contribution >= 0.6 is 0 Å². The monoisotopic (exact) mass is 736 g/mol. The molecule has 0 aliphatic carbocycles. The Hall–Kier alpha value is -1.21. The lowest BCUT2D eigenvalue weighted by Crippen LogP contribution is -2.29. The smallest absolute Gasteiger partial charge is 0.305 e. The van der Waals surface area contributed by atoms with E-state index in [1.807, 2.05) is 0 Å². The summed E-state index contributed by atoms with van der Waals surface area (Å²) < 4.78 is 17.7. The first-order valence-electron chi connectivity index (χ1n) is 22.7. The van der Waals surface area contributed by atoms with Crippen molar-refractivity contribution in [3.63, 3.8) is 0 Å². The number of aliphatic hydroxyl groups is 1. The van der Waals surface area contributed by atoms with Crippen LogP contribution in [0.5, 0.6) is 0 Å². The van der Waals surface area contributed by atoms with Gasteiger partial charge < -0.3 is 24.2 Å². The van der Waals surface area contributed by atoms with E-state index < -0.39 is 0 Å². The number of esters is 1. The van der Waals surface area contributed by atoms with Crippen molar-refractivity contribution in [3.8, 4) is 0 Å². The molecule has 52 heavy (non-hydrogen) atoms. The van der Waals surface area contributed by atoms with Crippen LogP contribution in [-0.2, 0) is 19.0 Å². The number of carbonyl (C=O) groups excluding carboxylic acids is 1. The van der Waals surface area contributed by atoms with E-state index in [1.54, 1.807) is 0 Å². The fourth-order valence-electron chi connectivity index (χ4n) is 6.57. The third kappa shape index (κ3) is 40.0. The minimum Gasteiger partial charge on any atom is -0.466 e. The van der Waals surface area contributed by atoms with Crippen LogP contribution in [0.1, 0.15) is 213 Å². The minimum atomic E-state index is -0.123. The molecule has 308 valence electrons. The van der Waals surface area contributed by atoms with Crippen LogP contribution in [0.25, 0.3) is 0 Å². The Bertz CT molecular complexity index is 731. The van der Waals surface area contributed by atoms with Gasteiger partial charge in [0.15, 0.2) is 6.29 Å². The van der Waals surface area contributed by atoms with Crippen molar-refractivity contribution in [2.24, 2.45) is 0 Å². The van der Waals surface area contributed by atoms with Gasteiger partial charge in [-0.25, -0.2) is 0 Å². The molecular formula is C46H89NO5. The van der Waals surface area contributed by atoms with E-state index in [9.17, 15) is 9.90 Å². The quantitative estimate of drug-likeness (QED) is 0.0291. The number of ether oxygens (including phenoxy) is 3. The lowest BCUT2D eigenvalue weighted by atomic mass is 10.1. The Morgan fingerprint density at radius 1 is 0.519 bits per heavy atom. The van der Waals surface area contributed by atoms with Crippen LogP contribution in [0.15, 0.2) is 24.3 Å². The van der Waals surface area contributed by atoms with E-state index in [1.165, 1.54) is 135 Å². The number of rotatable bonds is 43. The van der Waals surface area contributed by atoms with Gasteiger partial charge in [0, 0.05) is 13.0 Å². The Balaban J connectivity index is 4.01. The van der Waals surface area contributed by atoms with Gasteiger partial charge in [0.2, 0.25) is 0 Å². The first-order chi connectivity index (χ1) is 25.7. The summed E-state index contributed by atoms with van der Waals surface area (Å²) >= 11 is 0. The van der Waals surface area contributed by atoms with Crippen molar-refractivity contribution in [2.75, 3.05) is 46.1 Å². The van der Waals surface area contributed by atoms with Gasteiger partial charge in [-0.05, 0) is 77.3 Å². The lowest BCUT2D eigenvalue weighted by Gasteiger charge is -2.21. The van der Waals surface area contributed by atoms with Gasteiger partial charge in [0.1, 0.15) is 0 Å². The predicted octanol–water partition coefficient (Wildman–Crippen LogP) is 13.1. The normalized spacial score (nSPS) is 12.0. The second-order valence-corrected chi connectivity index (χ2v) is 15.1. The van der Waals surface area contributed by atoms with Gasteiger partial charge in [-0.15, -0.1) is 0 Å². The van der Waals surface area contributed by atoms with Gasteiger partial charge in [-0.2, -0.15) is 0 Å². The molecule has 6 heteroatoms. The van der Waals surface area contributed by atoms with E-state index in [-0.39, 0.29) is 18.9 Å². The number of allylic oxidation sites excluding steroid dienone is 2. The summed E-state index contributed by atoms with van der Waals surface area (Å²) in [6.07, 6.45) is 44.6. The maximum atomic E-state index is 12.0. The van der Waals surface area contributed by atoms with Crippen LogP contribution in [0.3, 0.4) is 0 Å². The third-order valence-corrected chi connectivity index (χ3v) is 9.99. The molecule has 0 aromatic rings. The van der Waals surface area contributed by atoms with E-state index in [2.05, 4.69) is 50.0 Å². The maximum Gasteiger partial charge on any atom is 0.305 e. The highest BCUT2D eigenvalue weighted by Crippen LogP contribution is 2.14.